The van der Waals surface area contributed by atoms with Gasteiger partial charge in [0, 0.05) is 74.0 Å². The summed E-state index contributed by atoms with van der Waals surface area (Å²) < 4.78 is 0. The number of allylic oxidation sites excluding steroid dienone is 4. The monoisotopic (exact) mass is 573 g/mol. The zero-order valence-corrected chi connectivity index (χ0v) is 24.8. The Hall–Kier alpha value is -4.53. The minimum Gasteiger partial charge on any atom is -0.504 e. The van der Waals surface area contributed by atoms with Crippen molar-refractivity contribution in [1.82, 2.24) is 0 Å². The summed E-state index contributed by atoms with van der Waals surface area (Å²) in [5.41, 5.74) is -1.27. The average molecular weight is 574 g/mol. The predicted octanol–water partition coefficient (Wildman–Crippen LogP) is 6.07. The van der Waals surface area contributed by atoms with E-state index >= 15 is 0 Å². The summed E-state index contributed by atoms with van der Waals surface area (Å²) in [6, 6.07) is 0.995. The van der Waals surface area contributed by atoms with Crippen LogP contribution in [0.1, 0.15) is 131 Å². The lowest BCUT2D eigenvalue weighted by Crippen LogP contribution is -2.31. The topological polar surface area (TPSA) is 162 Å². The van der Waals surface area contributed by atoms with Crippen molar-refractivity contribution in [3.63, 3.8) is 0 Å². The molecule has 0 atom stereocenters. The molecule has 2 aliphatic rings. The highest BCUT2D eigenvalue weighted by molar-refractivity contribution is 6.38. The van der Waals surface area contributed by atoms with Gasteiger partial charge in [-0.1, -0.05) is 41.0 Å². The summed E-state index contributed by atoms with van der Waals surface area (Å²) in [6.45, 7) is 11.9. The first-order valence-electron chi connectivity index (χ1n) is 14.0. The zero-order chi connectivity index (χ0) is 31.4. The van der Waals surface area contributed by atoms with Crippen molar-refractivity contribution < 1.29 is 39.6 Å². The number of carbonyl (C=O) groups excluding carboxylic acids is 4. The maximum atomic E-state index is 14.4. The molecular weight excluding hydrogens is 538 g/mol. The minimum absolute atomic E-state index is 0.0619. The van der Waals surface area contributed by atoms with E-state index in [9.17, 15) is 39.6 Å². The molecule has 2 aromatic rings. The Balaban J connectivity index is 2.04. The van der Waals surface area contributed by atoms with Crippen LogP contribution in [0.3, 0.4) is 0 Å². The summed E-state index contributed by atoms with van der Waals surface area (Å²) in [6.07, 6.45) is 2.83. The number of fused-ring (bicyclic) bond motifs is 2. The third kappa shape index (κ3) is 4.44. The second-order valence-corrected chi connectivity index (χ2v) is 11.4. The highest BCUT2D eigenvalue weighted by atomic mass is 16.3. The van der Waals surface area contributed by atoms with Crippen molar-refractivity contribution >= 4 is 29.3 Å². The number of hydrogen-bond acceptors (Lipinski definition) is 9. The Kier molecular flexibility index (Phi) is 8.00. The lowest BCUT2D eigenvalue weighted by atomic mass is 9.71. The van der Waals surface area contributed by atoms with Crippen LogP contribution in [-0.4, -0.2) is 56.3 Å². The van der Waals surface area contributed by atoms with E-state index in [1.165, 1.54) is 20.1 Å². The molecule has 0 spiro atoms. The number of Topliss-reactive ketones (excluding diaryl/α,β-unsaturated/α-hetero) is 4. The summed E-state index contributed by atoms with van der Waals surface area (Å²) in [4.78, 5) is 60.4. The van der Waals surface area contributed by atoms with Gasteiger partial charge in [0.25, 0.3) is 0 Å². The normalized spacial score (nSPS) is 15.5. The molecule has 0 heterocycles. The zero-order valence-electron chi connectivity index (χ0n) is 24.8. The van der Waals surface area contributed by atoms with Gasteiger partial charge in [0.2, 0.25) is 0 Å². The molecular formula is C33H35NO8. The number of aromatic hydroxyl groups is 4. The number of carbonyl (C=O) groups is 4. The second kappa shape index (κ2) is 11.0. The third-order valence-electron chi connectivity index (χ3n) is 7.92. The predicted molar refractivity (Wildman–Crippen MR) is 158 cm³/mol. The molecule has 0 saturated heterocycles. The SMILES string of the molecule is CCCC/N=C/c1c(O)c(O)c(C(C)C)c2c1C(=O)C(C1=C(C)C(=O)c3c(cc(O)c(O)c3C(C)C)C1=O)=C(C)C2=O. The van der Waals surface area contributed by atoms with Crippen LogP contribution in [0.2, 0.25) is 0 Å². The summed E-state index contributed by atoms with van der Waals surface area (Å²) in [5, 5.41) is 42.9. The van der Waals surface area contributed by atoms with Crippen LogP contribution in [0, 0.1) is 0 Å². The van der Waals surface area contributed by atoms with Gasteiger partial charge in [0.05, 0.1) is 0 Å². The molecule has 0 aromatic heterocycles. The van der Waals surface area contributed by atoms with Crippen molar-refractivity contribution in [3.8, 4) is 23.0 Å². The lowest BCUT2D eigenvalue weighted by Gasteiger charge is -2.29. The first-order chi connectivity index (χ1) is 19.7. The molecule has 0 saturated carbocycles. The molecule has 2 aromatic carbocycles. The fourth-order valence-electron chi connectivity index (χ4n) is 5.79. The summed E-state index contributed by atoms with van der Waals surface area (Å²) in [7, 11) is 0. The summed E-state index contributed by atoms with van der Waals surface area (Å²) in [5.74, 6) is -5.91. The van der Waals surface area contributed by atoms with E-state index in [1.54, 1.807) is 27.7 Å². The van der Waals surface area contributed by atoms with Crippen molar-refractivity contribution in [2.24, 2.45) is 4.99 Å². The van der Waals surface area contributed by atoms with E-state index in [4.69, 9.17) is 0 Å². The van der Waals surface area contributed by atoms with Gasteiger partial charge in [-0.05, 0) is 38.2 Å². The van der Waals surface area contributed by atoms with E-state index < -0.39 is 58.0 Å². The number of benzene rings is 2. The number of phenols is 4. The molecule has 9 nitrogen and oxygen atoms in total. The highest BCUT2D eigenvalue weighted by Crippen LogP contribution is 2.48. The van der Waals surface area contributed by atoms with Gasteiger partial charge in [-0.2, -0.15) is 0 Å². The van der Waals surface area contributed by atoms with Crippen LogP contribution < -0.4 is 0 Å². The lowest BCUT2D eigenvalue weighted by molar-refractivity contribution is 0.0951. The van der Waals surface area contributed by atoms with Crippen LogP contribution in [0.4, 0.5) is 0 Å². The standard InChI is InChI=1S/C33H35NO8/c1-8-9-10-34-12-18-25-26(21(14(4)5)33(42)30(18)39)28(37)16(7)23(32(25)41)22-15(6)27(36)24-17(29(22)38)11-19(35)31(40)20(24)13(2)3/h11-14,35,39-40,42H,8-10H2,1-7H3/b34-12+. The molecule has 0 amide bonds. The first-order valence-corrected chi connectivity index (χ1v) is 14.0. The number of hydrogen-bond donors (Lipinski definition) is 4. The number of ketones is 4. The van der Waals surface area contributed by atoms with E-state index in [1.807, 2.05) is 6.92 Å². The fourth-order valence-corrected chi connectivity index (χ4v) is 5.79. The van der Waals surface area contributed by atoms with Crippen LogP contribution in [0.25, 0.3) is 0 Å². The van der Waals surface area contributed by atoms with Gasteiger partial charge >= 0.3 is 0 Å². The Labute approximate surface area is 243 Å². The first kappa shape index (κ1) is 30.4. The molecule has 0 unspecified atom stereocenters. The van der Waals surface area contributed by atoms with E-state index in [2.05, 4.69) is 4.99 Å². The molecule has 0 aliphatic heterocycles. The Morgan fingerprint density at radius 2 is 1.24 bits per heavy atom. The molecule has 0 radical (unpaired) electrons. The maximum absolute atomic E-state index is 14.4. The molecule has 2 aliphatic carbocycles. The molecule has 0 fully saturated rings. The van der Waals surface area contributed by atoms with Gasteiger partial charge < -0.3 is 20.4 Å². The second-order valence-electron chi connectivity index (χ2n) is 11.4. The Bertz CT molecular complexity index is 1680. The molecule has 0 bridgehead atoms. The number of nitrogens with zero attached hydrogens (tertiary/aromatic N) is 1. The van der Waals surface area contributed by atoms with Crippen molar-refractivity contribution in [2.45, 2.75) is 73.1 Å². The molecule has 9 heteroatoms. The summed E-state index contributed by atoms with van der Waals surface area (Å²) >= 11 is 0. The average Bonchev–Trinajstić information content (AvgIpc) is 2.92. The smallest absolute Gasteiger partial charge is 0.195 e. The van der Waals surface area contributed by atoms with Crippen molar-refractivity contribution in [1.29, 1.82) is 0 Å². The molecule has 4 N–H and O–H groups in total. The Morgan fingerprint density at radius 3 is 1.79 bits per heavy atom. The van der Waals surface area contributed by atoms with Crippen LogP contribution in [0.5, 0.6) is 23.0 Å². The maximum Gasteiger partial charge on any atom is 0.195 e. The van der Waals surface area contributed by atoms with Gasteiger partial charge in [0.1, 0.15) is 0 Å². The van der Waals surface area contributed by atoms with Crippen LogP contribution in [-0.2, 0) is 0 Å². The Morgan fingerprint density at radius 1 is 0.714 bits per heavy atom. The van der Waals surface area contributed by atoms with Crippen LogP contribution >= 0.6 is 0 Å². The van der Waals surface area contributed by atoms with Crippen molar-refractivity contribution in [2.75, 3.05) is 6.54 Å². The highest BCUT2D eigenvalue weighted by Gasteiger charge is 2.44. The van der Waals surface area contributed by atoms with Crippen LogP contribution in [0.15, 0.2) is 33.4 Å². The fraction of sp³-hybridized carbons (Fsp3) is 0.364. The van der Waals surface area contributed by atoms with Crippen molar-refractivity contribution in [3.05, 3.63) is 67.3 Å². The van der Waals surface area contributed by atoms with E-state index in [-0.39, 0.29) is 61.2 Å². The number of unbranched alkanes of at least 4 members (excludes halogenated alkanes) is 1. The van der Waals surface area contributed by atoms with Gasteiger partial charge in [-0.3, -0.25) is 24.2 Å². The molecule has 220 valence electrons. The van der Waals surface area contributed by atoms with E-state index in [0.29, 0.717) is 6.54 Å². The van der Waals surface area contributed by atoms with Gasteiger partial charge in [0.15, 0.2) is 46.1 Å². The quantitative estimate of drug-likeness (QED) is 0.176. The number of phenolic OH excluding ortho intramolecular Hbond substituents is 4. The largest absolute Gasteiger partial charge is 0.504 e. The third-order valence-corrected chi connectivity index (χ3v) is 7.92. The minimum atomic E-state index is -0.776. The van der Waals surface area contributed by atoms with E-state index in [0.717, 1.165) is 18.9 Å². The number of aliphatic imine (C=N–C) groups is 1. The molecule has 42 heavy (non-hydrogen) atoms. The van der Waals surface area contributed by atoms with Gasteiger partial charge in [-0.25, -0.2) is 0 Å². The number of rotatable bonds is 7. The molecule has 4 rings (SSSR count). The van der Waals surface area contributed by atoms with Gasteiger partial charge in [-0.15, -0.1) is 0 Å².